The number of aryl methyl sites for hydroxylation is 1. The molecule has 0 N–H and O–H groups in total. The maximum absolute atomic E-state index is 5.88. The van der Waals surface area contributed by atoms with Gasteiger partial charge in [0.25, 0.3) is 0 Å². The van der Waals surface area contributed by atoms with E-state index >= 15 is 0 Å². The summed E-state index contributed by atoms with van der Waals surface area (Å²) in [6, 6.07) is 15.6. The molecule has 1 radical (unpaired) electrons. The molecule has 0 heterocycles. The highest BCUT2D eigenvalue weighted by molar-refractivity contribution is 6.30. The summed E-state index contributed by atoms with van der Waals surface area (Å²) >= 11 is 5.88. The first-order valence-corrected chi connectivity index (χ1v) is 6.57. The SMILES string of the molecule is CCc1ccc(/[C]=N\OCc2cccc(Cl)c2)cc1. The van der Waals surface area contributed by atoms with Crippen LogP contribution >= 0.6 is 11.6 Å². The van der Waals surface area contributed by atoms with E-state index < -0.39 is 0 Å². The predicted molar refractivity (Wildman–Crippen MR) is 78.6 cm³/mol. The van der Waals surface area contributed by atoms with E-state index in [1.165, 1.54) is 5.56 Å². The summed E-state index contributed by atoms with van der Waals surface area (Å²) in [5.41, 5.74) is 3.19. The van der Waals surface area contributed by atoms with Gasteiger partial charge < -0.3 is 4.84 Å². The highest BCUT2D eigenvalue weighted by Crippen LogP contribution is 2.11. The van der Waals surface area contributed by atoms with Crippen LogP contribution in [0.5, 0.6) is 0 Å². The van der Waals surface area contributed by atoms with Gasteiger partial charge in [0.15, 0.2) is 0 Å². The van der Waals surface area contributed by atoms with Crippen molar-refractivity contribution in [2.75, 3.05) is 0 Å². The van der Waals surface area contributed by atoms with Crippen molar-refractivity contribution < 1.29 is 4.84 Å². The Morgan fingerprint density at radius 3 is 2.58 bits per heavy atom. The van der Waals surface area contributed by atoms with Crippen molar-refractivity contribution in [2.45, 2.75) is 20.0 Å². The molecule has 0 fully saturated rings. The summed E-state index contributed by atoms with van der Waals surface area (Å²) in [5, 5.41) is 4.53. The lowest BCUT2D eigenvalue weighted by molar-refractivity contribution is 0.132. The number of halogens is 1. The molecule has 0 saturated carbocycles. The van der Waals surface area contributed by atoms with Gasteiger partial charge in [0.1, 0.15) is 12.8 Å². The number of rotatable bonds is 5. The molecule has 0 aliphatic carbocycles. The van der Waals surface area contributed by atoms with Gasteiger partial charge in [-0.3, -0.25) is 0 Å². The lowest BCUT2D eigenvalue weighted by Crippen LogP contribution is -1.88. The second-order valence-corrected chi connectivity index (χ2v) is 4.59. The normalized spacial score (nSPS) is 10.8. The Hall–Kier alpha value is -1.80. The van der Waals surface area contributed by atoms with E-state index in [4.69, 9.17) is 16.4 Å². The van der Waals surface area contributed by atoms with E-state index in [0.717, 1.165) is 17.5 Å². The Bertz CT molecular complexity index is 549. The summed E-state index contributed by atoms with van der Waals surface area (Å²) < 4.78 is 0. The highest BCUT2D eigenvalue weighted by Gasteiger charge is 1.94. The minimum absolute atomic E-state index is 0.389. The molecule has 2 rings (SSSR count). The maximum atomic E-state index is 5.88. The van der Waals surface area contributed by atoms with Crippen molar-refractivity contribution >= 4 is 17.8 Å². The van der Waals surface area contributed by atoms with Crippen LogP contribution in [0.3, 0.4) is 0 Å². The summed E-state index contributed by atoms with van der Waals surface area (Å²) in [5.74, 6) is 0. The molecular weight excluding hydrogens is 258 g/mol. The molecule has 3 heteroatoms. The molecule has 0 aromatic heterocycles. The van der Waals surface area contributed by atoms with Gasteiger partial charge in [-0.25, -0.2) is 0 Å². The zero-order valence-electron chi connectivity index (χ0n) is 10.8. The molecule has 0 amide bonds. The molecule has 0 saturated heterocycles. The lowest BCUT2D eigenvalue weighted by atomic mass is 10.1. The van der Waals surface area contributed by atoms with Crippen LogP contribution in [-0.4, -0.2) is 6.21 Å². The third kappa shape index (κ3) is 4.42. The minimum atomic E-state index is 0.389. The Balaban J connectivity index is 1.86. The fourth-order valence-corrected chi connectivity index (χ4v) is 1.85. The standard InChI is InChI=1S/C16H15ClNO/c1-2-13-6-8-14(9-7-13)11-18-19-12-15-4-3-5-16(17)10-15/h3-10H,2,12H2,1H3. The molecule has 97 valence electrons. The molecular formula is C16H15ClNO. The molecule has 2 nitrogen and oxygen atoms in total. The van der Waals surface area contributed by atoms with Crippen LogP contribution in [0.15, 0.2) is 53.7 Å². The number of nitrogens with zero attached hydrogens (tertiary/aromatic N) is 1. The maximum Gasteiger partial charge on any atom is 0.142 e. The topological polar surface area (TPSA) is 21.6 Å². The Labute approximate surface area is 118 Å². The predicted octanol–water partition coefficient (Wildman–Crippen LogP) is 4.33. The van der Waals surface area contributed by atoms with E-state index in [1.807, 2.05) is 36.4 Å². The van der Waals surface area contributed by atoms with Crippen LogP contribution in [0.1, 0.15) is 23.6 Å². The van der Waals surface area contributed by atoms with Crippen LogP contribution in [0.25, 0.3) is 0 Å². The number of hydrogen-bond donors (Lipinski definition) is 0. The lowest BCUT2D eigenvalue weighted by Gasteiger charge is -2.00. The first-order chi connectivity index (χ1) is 9.28. The summed E-state index contributed by atoms with van der Waals surface area (Å²) in [7, 11) is 0. The van der Waals surface area contributed by atoms with Crippen molar-refractivity contribution in [3.05, 3.63) is 70.2 Å². The quantitative estimate of drug-likeness (QED) is 0.586. The third-order valence-electron chi connectivity index (χ3n) is 2.72. The van der Waals surface area contributed by atoms with Crippen LogP contribution in [0.4, 0.5) is 0 Å². The van der Waals surface area contributed by atoms with Gasteiger partial charge in [-0.2, -0.15) is 0 Å². The van der Waals surface area contributed by atoms with Crippen molar-refractivity contribution in [1.82, 2.24) is 0 Å². The highest BCUT2D eigenvalue weighted by atomic mass is 35.5. The van der Waals surface area contributed by atoms with E-state index in [2.05, 4.69) is 30.4 Å². The van der Waals surface area contributed by atoms with Crippen molar-refractivity contribution in [1.29, 1.82) is 0 Å². The molecule has 0 atom stereocenters. The first-order valence-electron chi connectivity index (χ1n) is 6.19. The fourth-order valence-electron chi connectivity index (χ4n) is 1.63. The average molecular weight is 273 g/mol. The van der Waals surface area contributed by atoms with Gasteiger partial charge in [0, 0.05) is 10.6 Å². The van der Waals surface area contributed by atoms with Gasteiger partial charge in [-0.1, -0.05) is 60.1 Å². The van der Waals surface area contributed by atoms with Crippen LogP contribution in [-0.2, 0) is 17.9 Å². The molecule has 2 aromatic rings. The van der Waals surface area contributed by atoms with Crippen LogP contribution < -0.4 is 0 Å². The van der Waals surface area contributed by atoms with Crippen LogP contribution in [0.2, 0.25) is 5.02 Å². The Morgan fingerprint density at radius 1 is 1.11 bits per heavy atom. The molecule has 0 spiro atoms. The molecule has 19 heavy (non-hydrogen) atoms. The van der Waals surface area contributed by atoms with Gasteiger partial charge in [0.05, 0.1) is 0 Å². The van der Waals surface area contributed by atoms with E-state index in [9.17, 15) is 0 Å². The van der Waals surface area contributed by atoms with E-state index in [1.54, 1.807) is 0 Å². The van der Waals surface area contributed by atoms with Crippen LogP contribution in [0, 0.1) is 0 Å². The Kier molecular flexibility index (Phi) is 4.99. The van der Waals surface area contributed by atoms with Gasteiger partial charge in [-0.05, 0) is 29.7 Å². The monoisotopic (exact) mass is 272 g/mol. The van der Waals surface area contributed by atoms with Gasteiger partial charge in [-0.15, -0.1) is 0 Å². The third-order valence-corrected chi connectivity index (χ3v) is 2.96. The second-order valence-electron chi connectivity index (χ2n) is 4.16. The molecule has 0 aliphatic rings. The fraction of sp³-hybridized carbons (Fsp3) is 0.188. The summed E-state index contributed by atoms with van der Waals surface area (Å²) in [6.45, 7) is 2.52. The number of benzene rings is 2. The van der Waals surface area contributed by atoms with E-state index in [-0.39, 0.29) is 0 Å². The zero-order chi connectivity index (χ0) is 13.5. The smallest absolute Gasteiger partial charge is 0.142 e. The van der Waals surface area contributed by atoms with Crippen molar-refractivity contribution in [3.63, 3.8) is 0 Å². The van der Waals surface area contributed by atoms with Gasteiger partial charge in [0.2, 0.25) is 0 Å². The van der Waals surface area contributed by atoms with Crippen molar-refractivity contribution in [2.24, 2.45) is 5.16 Å². The molecule has 0 bridgehead atoms. The molecule has 0 unspecified atom stereocenters. The van der Waals surface area contributed by atoms with Crippen molar-refractivity contribution in [3.8, 4) is 0 Å². The largest absolute Gasteiger partial charge is 0.390 e. The van der Waals surface area contributed by atoms with E-state index in [0.29, 0.717) is 11.6 Å². The zero-order valence-corrected chi connectivity index (χ0v) is 11.5. The Morgan fingerprint density at radius 2 is 1.89 bits per heavy atom. The molecule has 0 aliphatic heterocycles. The first kappa shape index (κ1) is 13.6. The van der Waals surface area contributed by atoms with Gasteiger partial charge >= 0.3 is 0 Å². The summed E-state index contributed by atoms with van der Waals surface area (Å²) in [6.07, 6.45) is 3.88. The number of hydrogen-bond acceptors (Lipinski definition) is 2. The average Bonchev–Trinajstić information content (AvgIpc) is 2.44. The molecule has 2 aromatic carbocycles. The second kappa shape index (κ2) is 6.95. The minimum Gasteiger partial charge on any atom is -0.390 e. The summed E-state index contributed by atoms with van der Waals surface area (Å²) in [4.78, 5) is 5.19.